The van der Waals surface area contributed by atoms with Crippen molar-refractivity contribution in [2.45, 2.75) is 13.3 Å². The van der Waals surface area contributed by atoms with Crippen LogP contribution in [0.4, 0.5) is 5.82 Å². The first-order chi connectivity index (χ1) is 11.8. The molecule has 0 unspecified atom stereocenters. The normalized spacial score (nSPS) is 10.1. The first kappa shape index (κ1) is 18.7. The molecule has 0 saturated heterocycles. The highest BCUT2D eigenvalue weighted by molar-refractivity contribution is 5.90. The van der Waals surface area contributed by atoms with Gasteiger partial charge in [-0.3, -0.25) is 4.79 Å². The third-order valence-corrected chi connectivity index (χ3v) is 3.58. The summed E-state index contributed by atoms with van der Waals surface area (Å²) in [5.41, 5.74) is 1.84. The Morgan fingerprint density at radius 2 is 1.76 bits per heavy atom. The van der Waals surface area contributed by atoms with Crippen LogP contribution in [-0.4, -0.2) is 29.1 Å². The summed E-state index contributed by atoms with van der Waals surface area (Å²) in [5.74, 6) is 1.21. The van der Waals surface area contributed by atoms with E-state index in [0.29, 0.717) is 25.4 Å². The summed E-state index contributed by atoms with van der Waals surface area (Å²) >= 11 is 0. The largest absolute Gasteiger partial charge is 1.00 e. The Morgan fingerprint density at radius 1 is 1.04 bits per heavy atom. The third-order valence-electron chi connectivity index (χ3n) is 3.58. The minimum Gasteiger partial charge on any atom is -1.00 e. The number of carbonyl (C=O) groups is 1. The molecule has 0 saturated carbocycles. The minimum atomic E-state index is -0.200. The van der Waals surface area contributed by atoms with E-state index in [1.54, 1.807) is 6.92 Å². The lowest BCUT2D eigenvalue weighted by atomic mass is 10.2. The highest BCUT2D eigenvalue weighted by Gasteiger charge is 2.09. The molecule has 1 N–H and O–H groups in total. The number of aromatic nitrogens is 2. The number of ether oxygens (including phenoxy) is 1. The monoisotopic (exact) mass is 356 g/mol. The van der Waals surface area contributed by atoms with Gasteiger partial charge in [-0.25, -0.2) is 9.97 Å². The zero-order valence-electron chi connectivity index (χ0n) is 13.9. The van der Waals surface area contributed by atoms with Crippen LogP contribution >= 0.6 is 0 Å². The summed E-state index contributed by atoms with van der Waals surface area (Å²) in [4.78, 5) is 20.5. The fourth-order valence-electron chi connectivity index (χ4n) is 2.36. The molecule has 0 radical (unpaired) electrons. The Hall–Kier alpha value is -2.66. The summed E-state index contributed by atoms with van der Waals surface area (Å²) in [6, 6.07) is 17.7. The third kappa shape index (κ3) is 4.67. The highest BCUT2D eigenvalue weighted by atomic mass is 35.5. The number of halogens is 1. The van der Waals surface area contributed by atoms with Gasteiger partial charge in [-0.1, -0.05) is 49.4 Å². The van der Waals surface area contributed by atoms with E-state index in [9.17, 15) is 4.79 Å². The molecule has 0 atom stereocenters. The maximum atomic E-state index is 11.2. The van der Waals surface area contributed by atoms with Crippen molar-refractivity contribution >= 4 is 22.7 Å². The van der Waals surface area contributed by atoms with Crippen molar-refractivity contribution in [1.29, 1.82) is 0 Å². The number of para-hydroxylation sites is 1. The van der Waals surface area contributed by atoms with Crippen LogP contribution in [0.3, 0.4) is 0 Å². The second kappa shape index (κ2) is 8.99. The second-order valence-electron chi connectivity index (χ2n) is 5.28. The topological polar surface area (TPSA) is 64.1 Å². The molecule has 1 heterocycles. The van der Waals surface area contributed by atoms with Gasteiger partial charge in [0, 0.05) is 17.4 Å². The van der Waals surface area contributed by atoms with Gasteiger partial charge in [-0.05, 0) is 12.1 Å². The summed E-state index contributed by atoms with van der Waals surface area (Å²) < 4.78 is 5.10. The van der Waals surface area contributed by atoms with E-state index in [2.05, 4.69) is 15.3 Å². The van der Waals surface area contributed by atoms with E-state index in [0.717, 1.165) is 22.3 Å². The van der Waals surface area contributed by atoms with Crippen molar-refractivity contribution in [2.24, 2.45) is 0 Å². The van der Waals surface area contributed by atoms with Gasteiger partial charge in [-0.15, -0.1) is 0 Å². The van der Waals surface area contributed by atoms with Crippen molar-refractivity contribution in [1.82, 2.24) is 9.97 Å². The van der Waals surface area contributed by atoms with Crippen LogP contribution in [-0.2, 0) is 9.53 Å². The van der Waals surface area contributed by atoms with E-state index in [1.807, 2.05) is 54.6 Å². The summed E-state index contributed by atoms with van der Waals surface area (Å²) in [6.07, 6.45) is 0.384. The lowest BCUT2D eigenvalue weighted by molar-refractivity contribution is -0.142. The number of carbonyl (C=O) groups excluding carboxylic acids is 1. The highest BCUT2D eigenvalue weighted by Crippen LogP contribution is 2.24. The maximum Gasteiger partial charge on any atom is 0.305 e. The van der Waals surface area contributed by atoms with Crippen molar-refractivity contribution in [3.8, 4) is 11.4 Å². The average molecular weight is 357 g/mol. The smallest absolute Gasteiger partial charge is 0.305 e. The Balaban J connectivity index is 0.00000225. The van der Waals surface area contributed by atoms with Gasteiger partial charge in [0.15, 0.2) is 5.82 Å². The van der Waals surface area contributed by atoms with Crippen LogP contribution in [0.1, 0.15) is 13.3 Å². The SMILES string of the molecule is CCC(=O)OCCNc1nc(-c2ccccc2)nc2ccccc12.[Cl-]. The van der Waals surface area contributed by atoms with Crippen LogP contribution in [0.5, 0.6) is 0 Å². The first-order valence-electron chi connectivity index (χ1n) is 7.99. The Bertz CT molecular complexity index is 840. The average Bonchev–Trinajstić information content (AvgIpc) is 2.65. The van der Waals surface area contributed by atoms with Crippen LogP contribution < -0.4 is 17.7 Å². The van der Waals surface area contributed by atoms with E-state index in [4.69, 9.17) is 4.74 Å². The molecule has 130 valence electrons. The Kier molecular flexibility index (Phi) is 6.71. The fourth-order valence-corrected chi connectivity index (χ4v) is 2.36. The van der Waals surface area contributed by atoms with Crippen molar-refractivity contribution < 1.29 is 21.9 Å². The number of anilines is 1. The molecule has 3 rings (SSSR count). The van der Waals surface area contributed by atoms with Crippen LogP contribution in [0, 0.1) is 0 Å². The van der Waals surface area contributed by atoms with Gasteiger partial charge >= 0.3 is 5.97 Å². The zero-order valence-corrected chi connectivity index (χ0v) is 14.7. The number of hydrogen-bond acceptors (Lipinski definition) is 5. The number of fused-ring (bicyclic) bond motifs is 1. The van der Waals surface area contributed by atoms with Crippen LogP contribution in [0.2, 0.25) is 0 Å². The summed E-state index contributed by atoms with van der Waals surface area (Å²) in [6.45, 7) is 2.59. The van der Waals surface area contributed by atoms with Crippen molar-refractivity contribution in [3.63, 3.8) is 0 Å². The molecule has 5 nitrogen and oxygen atoms in total. The number of nitrogens with one attached hydrogen (secondary N) is 1. The molecular formula is C19H19ClN3O2-. The molecule has 0 amide bonds. The van der Waals surface area contributed by atoms with Gasteiger partial charge in [0.25, 0.3) is 0 Å². The first-order valence-corrected chi connectivity index (χ1v) is 7.99. The molecule has 2 aromatic carbocycles. The van der Waals surface area contributed by atoms with Gasteiger partial charge in [0.1, 0.15) is 12.4 Å². The number of benzene rings is 2. The van der Waals surface area contributed by atoms with Gasteiger partial charge in [-0.2, -0.15) is 0 Å². The Labute approximate surface area is 152 Å². The van der Waals surface area contributed by atoms with Crippen LogP contribution in [0.15, 0.2) is 54.6 Å². The fraction of sp³-hybridized carbons (Fsp3) is 0.211. The van der Waals surface area contributed by atoms with Crippen LogP contribution in [0.25, 0.3) is 22.3 Å². The molecule has 0 spiro atoms. The predicted molar refractivity (Wildman–Crippen MR) is 94.7 cm³/mol. The minimum absolute atomic E-state index is 0. The van der Waals surface area contributed by atoms with E-state index in [1.165, 1.54) is 0 Å². The molecular weight excluding hydrogens is 338 g/mol. The van der Waals surface area contributed by atoms with E-state index in [-0.39, 0.29) is 18.4 Å². The molecule has 6 heteroatoms. The summed E-state index contributed by atoms with van der Waals surface area (Å²) in [7, 11) is 0. The van der Waals surface area contributed by atoms with E-state index >= 15 is 0 Å². The number of rotatable bonds is 6. The molecule has 0 aliphatic rings. The molecule has 0 fully saturated rings. The number of esters is 1. The van der Waals surface area contributed by atoms with Gasteiger partial charge < -0.3 is 22.5 Å². The number of nitrogens with zero attached hydrogens (tertiary/aromatic N) is 2. The van der Waals surface area contributed by atoms with Crippen molar-refractivity contribution in [3.05, 3.63) is 54.6 Å². The Morgan fingerprint density at radius 3 is 2.52 bits per heavy atom. The molecule has 3 aromatic rings. The zero-order chi connectivity index (χ0) is 16.8. The quantitative estimate of drug-likeness (QED) is 0.519. The maximum absolute atomic E-state index is 11.2. The predicted octanol–water partition coefficient (Wildman–Crippen LogP) is 0.666. The number of hydrogen-bond donors (Lipinski definition) is 1. The lowest BCUT2D eigenvalue weighted by Gasteiger charge is -2.11. The molecule has 0 bridgehead atoms. The van der Waals surface area contributed by atoms with Gasteiger partial charge in [0.2, 0.25) is 0 Å². The molecule has 1 aromatic heterocycles. The molecule has 25 heavy (non-hydrogen) atoms. The van der Waals surface area contributed by atoms with Crippen molar-refractivity contribution in [2.75, 3.05) is 18.5 Å². The standard InChI is InChI=1S/C19H19N3O2.ClH/c1-2-17(23)24-13-12-20-19-15-10-6-7-11-16(15)21-18(22-19)14-8-4-3-5-9-14;/h3-11H,2,12-13H2,1H3,(H,20,21,22);1H/p-1. The second-order valence-corrected chi connectivity index (χ2v) is 5.28. The summed E-state index contributed by atoms with van der Waals surface area (Å²) in [5, 5.41) is 4.19. The van der Waals surface area contributed by atoms with E-state index < -0.39 is 0 Å². The molecule has 0 aliphatic heterocycles. The lowest BCUT2D eigenvalue weighted by Crippen LogP contribution is -3.00. The van der Waals surface area contributed by atoms with Gasteiger partial charge in [0.05, 0.1) is 12.1 Å². The molecule has 0 aliphatic carbocycles.